The Morgan fingerprint density at radius 3 is 3.00 bits per heavy atom. The largest absolute Gasteiger partial charge is 0.335 e. The highest BCUT2D eigenvalue weighted by Crippen LogP contribution is 2.06. The molecule has 0 fully saturated rings. The molecular formula is C10H8N4O. The molecule has 2 rings (SSSR count). The Hall–Kier alpha value is -2.35. The summed E-state index contributed by atoms with van der Waals surface area (Å²) in [6.07, 6.45) is 0. The lowest BCUT2D eigenvalue weighted by atomic mass is 10.1. The Balaban J connectivity index is 2.30. The second-order valence-corrected chi connectivity index (χ2v) is 3.05. The highest BCUT2D eigenvalue weighted by molar-refractivity contribution is 6.05. The summed E-state index contributed by atoms with van der Waals surface area (Å²) in [5, 5.41) is 15.2. The molecular weight excluding hydrogens is 192 g/mol. The summed E-state index contributed by atoms with van der Waals surface area (Å²) in [6, 6.07) is 8.83. The van der Waals surface area contributed by atoms with Crippen LogP contribution in [0.2, 0.25) is 0 Å². The Morgan fingerprint density at radius 2 is 2.33 bits per heavy atom. The number of hydrazone groups is 1. The van der Waals surface area contributed by atoms with E-state index in [4.69, 9.17) is 5.26 Å². The van der Waals surface area contributed by atoms with Crippen molar-refractivity contribution < 1.29 is 4.79 Å². The van der Waals surface area contributed by atoms with Crippen LogP contribution in [0, 0.1) is 11.3 Å². The maximum Gasteiger partial charge on any atom is 0.335 e. The highest BCUT2D eigenvalue weighted by Gasteiger charge is 2.11. The molecule has 0 aliphatic carbocycles. The molecule has 1 aliphatic rings. The first-order chi connectivity index (χ1) is 7.29. The van der Waals surface area contributed by atoms with Gasteiger partial charge in [-0.25, -0.2) is 10.2 Å². The van der Waals surface area contributed by atoms with Crippen molar-refractivity contribution in [1.29, 1.82) is 5.26 Å². The number of benzene rings is 1. The van der Waals surface area contributed by atoms with Crippen LogP contribution in [0.4, 0.5) is 4.79 Å². The minimum absolute atomic E-state index is 0.310. The number of carbonyl (C=O) groups is 1. The van der Waals surface area contributed by atoms with Gasteiger partial charge in [0.25, 0.3) is 0 Å². The van der Waals surface area contributed by atoms with Crippen molar-refractivity contribution in [3.05, 3.63) is 35.4 Å². The minimum Gasteiger partial charge on any atom is -0.331 e. The molecule has 0 spiro atoms. The van der Waals surface area contributed by atoms with Gasteiger partial charge < -0.3 is 5.32 Å². The Kier molecular flexibility index (Phi) is 2.33. The van der Waals surface area contributed by atoms with Crippen LogP contribution < -0.4 is 10.7 Å². The summed E-state index contributed by atoms with van der Waals surface area (Å²) in [6.45, 7) is 0.376. The van der Waals surface area contributed by atoms with Gasteiger partial charge in [-0.05, 0) is 12.1 Å². The fourth-order valence-corrected chi connectivity index (χ4v) is 1.30. The first kappa shape index (κ1) is 9.21. The average molecular weight is 200 g/mol. The first-order valence-corrected chi connectivity index (χ1v) is 4.40. The quantitative estimate of drug-likeness (QED) is 0.695. The van der Waals surface area contributed by atoms with Crippen LogP contribution in [-0.2, 0) is 0 Å². The molecule has 2 amide bonds. The summed E-state index contributed by atoms with van der Waals surface area (Å²) < 4.78 is 0. The van der Waals surface area contributed by atoms with Crippen molar-refractivity contribution in [1.82, 2.24) is 10.7 Å². The van der Waals surface area contributed by atoms with Gasteiger partial charge in [-0.1, -0.05) is 12.1 Å². The molecule has 15 heavy (non-hydrogen) atoms. The first-order valence-electron chi connectivity index (χ1n) is 4.40. The predicted octanol–water partition coefficient (Wildman–Crippen LogP) is 0.575. The highest BCUT2D eigenvalue weighted by atomic mass is 16.2. The molecule has 0 saturated carbocycles. The molecule has 0 atom stereocenters. The number of nitrogens with one attached hydrogen (secondary N) is 2. The fraction of sp³-hybridized carbons (Fsp3) is 0.100. The standard InChI is InChI=1S/C10H8N4O/c11-5-7-2-1-3-8(4-7)9-6-12-10(15)14-13-9/h1-4H,6H2,(H2,12,14,15). The van der Waals surface area contributed by atoms with Crippen LogP contribution in [0.1, 0.15) is 11.1 Å². The van der Waals surface area contributed by atoms with Crippen LogP contribution in [0.3, 0.4) is 0 Å². The molecule has 1 aliphatic heterocycles. The third kappa shape index (κ3) is 1.94. The fourth-order valence-electron chi connectivity index (χ4n) is 1.30. The monoisotopic (exact) mass is 200 g/mol. The van der Waals surface area contributed by atoms with Gasteiger partial charge in [0, 0.05) is 5.56 Å². The van der Waals surface area contributed by atoms with E-state index in [-0.39, 0.29) is 6.03 Å². The summed E-state index contributed by atoms with van der Waals surface area (Å²) in [5.74, 6) is 0. The van der Waals surface area contributed by atoms with Gasteiger partial charge in [-0.3, -0.25) is 0 Å². The van der Waals surface area contributed by atoms with E-state index >= 15 is 0 Å². The van der Waals surface area contributed by atoms with E-state index in [9.17, 15) is 4.79 Å². The summed E-state index contributed by atoms with van der Waals surface area (Å²) >= 11 is 0. The van der Waals surface area contributed by atoms with Crippen molar-refractivity contribution in [3.8, 4) is 6.07 Å². The number of amides is 2. The SMILES string of the molecule is N#Cc1cccc(C2=NNC(=O)NC2)c1. The van der Waals surface area contributed by atoms with Gasteiger partial charge in [0.2, 0.25) is 0 Å². The minimum atomic E-state index is -0.310. The molecule has 0 saturated heterocycles. The number of hydrogen-bond acceptors (Lipinski definition) is 3. The third-order valence-corrected chi connectivity index (χ3v) is 2.03. The third-order valence-electron chi connectivity index (χ3n) is 2.03. The van der Waals surface area contributed by atoms with Gasteiger partial charge in [-0.15, -0.1) is 0 Å². The molecule has 5 heteroatoms. The molecule has 0 bridgehead atoms. The molecule has 74 valence electrons. The van der Waals surface area contributed by atoms with E-state index in [1.54, 1.807) is 18.2 Å². The van der Waals surface area contributed by atoms with E-state index in [1.807, 2.05) is 6.07 Å². The van der Waals surface area contributed by atoms with Gasteiger partial charge in [0.15, 0.2) is 0 Å². The Bertz CT molecular complexity index is 473. The van der Waals surface area contributed by atoms with Crippen molar-refractivity contribution in [2.24, 2.45) is 5.10 Å². The number of nitrogens with zero attached hydrogens (tertiary/aromatic N) is 2. The molecule has 5 nitrogen and oxygen atoms in total. The number of urea groups is 1. The zero-order valence-electron chi connectivity index (χ0n) is 7.82. The number of hydrogen-bond donors (Lipinski definition) is 2. The van der Waals surface area contributed by atoms with Crippen molar-refractivity contribution >= 4 is 11.7 Å². The zero-order chi connectivity index (χ0) is 10.7. The maximum atomic E-state index is 10.8. The van der Waals surface area contributed by atoms with Crippen molar-refractivity contribution in [2.45, 2.75) is 0 Å². The summed E-state index contributed by atoms with van der Waals surface area (Å²) in [4.78, 5) is 10.8. The number of nitriles is 1. The van der Waals surface area contributed by atoms with E-state index in [2.05, 4.69) is 21.9 Å². The Labute approximate surface area is 86.4 Å². The van der Waals surface area contributed by atoms with Crippen LogP contribution in [0.25, 0.3) is 0 Å². The second kappa shape index (κ2) is 3.80. The molecule has 1 heterocycles. The van der Waals surface area contributed by atoms with Crippen LogP contribution in [-0.4, -0.2) is 18.3 Å². The molecule has 2 N–H and O–H groups in total. The van der Waals surface area contributed by atoms with Crippen LogP contribution >= 0.6 is 0 Å². The van der Waals surface area contributed by atoms with Crippen molar-refractivity contribution in [3.63, 3.8) is 0 Å². The van der Waals surface area contributed by atoms with Gasteiger partial charge in [-0.2, -0.15) is 10.4 Å². The van der Waals surface area contributed by atoms with Gasteiger partial charge >= 0.3 is 6.03 Å². The van der Waals surface area contributed by atoms with Crippen LogP contribution in [0.15, 0.2) is 29.4 Å². The zero-order valence-corrected chi connectivity index (χ0v) is 7.82. The lowest BCUT2D eigenvalue weighted by Crippen LogP contribution is -2.42. The predicted molar refractivity (Wildman–Crippen MR) is 54.2 cm³/mol. The van der Waals surface area contributed by atoms with Gasteiger partial charge in [0.05, 0.1) is 23.9 Å². The average Bonchev–Trinajstić information content (AvgIpc) is 2.30. The van der Waals surface area contributed by atoms with Crippen LogP contribution in [0.5, 0.6) is 0 Å². The molecule has 0 unspecified atom stereocenters. The molecule has 0 aromatic heterocycles. The molecule has 0 radical (unpaired) electrons. The lowest BCUT2D eigenvalue weighted by Gasteiger charge is -2.13. The van der Waals surface area contributed by atoms with Crippen molar-refractivity contribution in [2.75, 3.05) is 6.54 Å². The molecule has 1 aromatic carbocycles. The summed E-state index contributed by atoms with van der Waals surface area (Å²) in [5.41, 5.74) is 4.45. The van der Waals surface area contributed by atoms with E-state index < -0.39 is 0 Å². The Morgan fingerprint density at radius 1 is 1.47 bits per heavy atom. The normalized spacial score (nSPS) is 14.6. The maximum absolute atomic E-state index is 10.8. The summed E-state index contributed by atoms with van der Waals surface area (Å²) in [7, 11) is 0. The van der Waals surface area contributed by atoms with E-state index in [0.717, 1.165) is 5.56 Å². The smallest absolute Gasteiger partial charge is 0.331 e. The number of rotatable bonds is 1. The molecule has 1 aromatic rings. The van der Waals surface area contributed by atoms with E-state index in [1.165, 1.54) is 0 Å². The topological polar surface area (TPSA) is 77.3 Å². The number of carbonyl (C=O) groups excluding carboxylic acids is 1. The second-order valence-electron chi connectivity index (χ2n) is 3.05. The van der Waals surface area contributed by atoms with E-state index in [0.29, 0.717) is 17.8 Å². The lowest BCUT2D eigenvalue weighted by molar-refractivity contribution is 0.241. The van der Waals surface area contributed by atoms with Gasteiger partial charge in [0.1, 0.15) is 0 Å².